The fraction of sp³-hybridized carbons (Fsp3) is 0.174. The first-order chi connectivity index (χ1) is 15.2. The molecule has 1 N–H and O–H groups in total. The number of oxime groups is 1. The number of anilines is 1. The maximum Gasteiger partial charge on any atom is 0.259 e. The number of ketones is 1. The molecule has 1 aliphatic rings. The maximum absolute atomic E-state index is 13.8. The van der Waals surface area contributed by atoms with Gasteiger partial charge in [-0.1, -0.05) is 17.3 Å². The van der Waals surface area contributed by atoms with Crippen molar-refractivity contribution in [1.29, 1.82) is 0 Å². The lowest BCUT2D eigenvalue weighted by Gasteiger charge is -2.12. The van der Waals surface area contributed by atoms with Gasteiger partial charge in [-0.15, -0.1) is 0 Å². The molecule has 0 aliphatic carbocycles. The quantitative estimate of drug-likeness (QED) is 0.666. The maximum atomic E-state index is 13.8. The molecule has 162 valence electrons. The summed E-state index contributed by atoms with van der Waals surface area (Å²) in [5.41, 5.74) is 1.45. The lowest BCUT2D eigenvalue weighted by atomic mass is 9.93. The average Bonchev–Trinajstić information content (AvgIpc) is 3.03. The molecule has 1 aromatic heterocycles. The Morgan fingerprint density at radius 3 is 2.50 bits per heavy atom. The van der Waals surface area contributed by atoms with Crippen molar-refractivity contribution in [3.8, 4) is 11.3 Å². The minimum Gasteiger partial charge on any atom is -0.381 e. The van der Waals surface area contributed by atoms with E-state index in [9.17, 15) is 18.4 Å². The van der Waals surface area contributed by atoms with Crippen molar-refractivity contribution in [2.24, 2.45) is 5.16 Å². The van der Waals surface area contributed by atoms with Gasteiger partial charge in [0.1, 0.15) is 11.6 Å². The summed E-state index contributed by atoms with van der Waals surface area (Å²) in [7, 11) is 0. The smallest absolute Gasteiger partial charge is 0.259 e. The van der Waals surface area contributed by atoms with Gasteiger partial charge in [0.15, 0.2) is 17.1 Å². The SMILES string of the molecule is Cc1ccc(C2=NOC(C)(C)C2=O)cc1-c1cnc(NC(=O)c2cc(F)ccc2F)cn1. The largest absolute Gasteiger partial charge is 0.381 e. The van der Waals surface area contributed by atoms with Crippen LogP contribution in [0.3, 0.4) is 0 Å². The van der Waals surface area contributed by atoms with Crippen LogP contribution in [0.15, 0.2) is 53.9 Å². The van der Waals surface area contributed by atoms with Gasteiger partial charge in [0.25, 0.3) is 5.91 Å². The van der Waals surface area contributed by atoms with E-state index in [0.29, 0.717) is 16.8 Å². The number of rotatable bonds is 4. The molecule has 0 saturated heterocycles. The summed E-state index contributed by atoms with van der Waals surface area (Å²) in [6.45, 7) is 5.17. The Hall–Kier alpha value is -4.01. The van der Waals surface area contributed by atoms with Crippen molar-refractivity contribution in [3.63, 3.8) is 0 Å². The number of aromatic nitrogens is 2. The van der Waals surface area contributed by atoms with Gasteiger partial charge in [0, 0.05) is 11.1 Å². The second kappa shape index (κ2) is 7.92. The molecule has 2 aromatic carbocycles. The number of hydrogen-bond acceptors (Lipinski definition) is 6. The Morgan fingerprint density at radius 2 is 1.84 bits per heavy atom. The van der Waals surface area contributed by atoms with Gasteiger partial charge in [-0.05, 0) is 50.6 Å². The highest BCUT2D eigenvalue weighted by molar-refractivity contribution is 6.49. The number of nitrogens with one attached hydrogen (secondary N) is 1. The molecular formula is C23H18F2N4O3. The van der Waals surface area contributed by atoms with E-state index >= 15 is 0 Å². The lowest BCUT2D eigenvalue weighted by molar-refractivity contribution is -0.128. The van der Waals surface area contributed by atoms with Crippen LogP contribution in [0.1, 0.15) is 35.3 Å². The Bertz CT molecular complexity index is 1270. The molecule has 1 aliphatic heterocycles. The van der Waals surface area contributed by atoms with Crippen molar-refractivity contribution in [1.82, 2.24) is 9.97 Å². The van der Waals surface area contributed by atoms with Crippen LogP contribution in [-0.2, 0) is 9.63 Å². The molecule has 1 amide bonds. The molecular weight excluding hydrogens is 418 g/mol. The summed E-state index contributed by atoms with van der Waals surface area (Å²) >= 11 is 0. The first-order valence-electron chi connectivity index (χ1n) is 9.66. The molecule has 0 saturated carbocycles. The van der Waals surface area contributed by atoms with E-state index < -0.39 is 28.7 Å². The highest BCUT2D eigenvalue weighted by atomic mass is 19.1. The lowest BCUT2D eigenvalue weighted by Crippen LogP contribution is -2.33. The molecule has 9 heteroatoms. The minimum atomic E-state index is -1.01. The summed E-state index contributed by atoms with van der Waals surface area (Å²) in [4.78, 5) is 38.4. The van der Waals surface area contributed by atoms with E-state index in [1.807, 2.05) is 13.0 Å². The molecule has 0 atom stereocenters. The predicted molar refractivity (Wildman–Crippen MR) is 113 cm³/mol. The number of hydrogen-bond donors (Lipinski definition) is 1. The zero-order valence-electron chi connectivity index (χ0n) is 17.4. The fourth-order valence-corrected chi connectivity index (χ4v) is 3.14. The van der Waals surface area contributed by atoms with E-state index in [4.69, 9.17) is 4.84 Å². The van der Waals surface area contributed by atoms with Crippen molar-refractivity contribution in [2.45, 2.75) is 26.4 Å². The molecule has 0 fully saturated rings. The number of benzene rings is 2. The summed E-state index contributed by atoms with van der Waals surface area (Å²) in [6, 6.07) is 7.97. The Balaban J connectivity index is 1.57. The molecule has 7 nitrogen and oxygen atoms in total. The van der Waals surface area contributed by atoms with Gasteiger partial charge in [-0.25, -0.2) is 13.8 Å². The average molecular weight is 436 g/mol. The van der Waals surface area contributed by atoms with Gasteiger partial charge < -0.3 is 10.2 Å². The van der Waals surface area contributed by atoms with Crippen molar-refractivity contribution < 1.29 is 23.2 Å². The van der Waals surface area contributed by atoms with Crippen LogP contribution in [-0.4, -0.2) is 33.0 Å². The number of Topliss-reactive ketones (excluding diaryl/α,β-unsaturated/α-hetero) is 1. The van der Waals surface area contributed by atoms with E-state index in [-0.39, 0.29) is 17.3 Å². The normalized spacial score (nSPS) is 14.7. The standard InChI is InChI=1S/C23H18F2N4O3/c1-12-4-5-13(20-21(30)23(2,3)32-29-20)8-15(12)18-10-27-19(11-26-18)28-22(31)16-9-14(24)6-7-17(16)25/h4-11H,1-3H3,(H,27,28,31). The van der Waals surface area contributed by atoms with Crippen LogP contribution < -0.4 is 5.32 Å². The highest BCUT2D eigenvalue weighted by Gasteiger charge is 2.40. The summed E-state index contributed by atoms with van der Waals surface area (Å²) in [6.07, 6.45) is 2.74. The molecule has 0 spiro atoms. The van der Waals surface area contributed by atoms with Crippen LogP contribution >= 0.6 is 0 Å². The van der Waals surface area contributed by atoms with Crippen LogP contribution in [0.5, 0.6) is 0 Å². The summed E-state index contributed by atoms with van der Waals surface area (Å²) in [5.74, 6) is -2.57. The zero-order valence-corrected chi connectivity index (χ0v) is 17.4. The predicted octanol–water partition coefficient (Wildman–Crippen LogP) is 4.06. The van der Waals surface area contributed by atoms with Gasteiger partial charge in [0.2, 0.25) is 5.78 Å². The molecule has 0 bridgehead atoms. The number of carbonyl (C=O) groups excluding carboxylic acids is 2. The van der Waals surface area contributed by atoms with Crippen LogP contribution in [0.25, 0.3) is 11.3 Å². The van der Waals surface area contributed by atoms with E-state index in [1.165, 1.54) is 12.4 Å². The third kappa shape index (κ3) is 3.96. The number of amides is 1. The molecule has 4 rings (SSSR count). The van der Waals surface area contributed by atoms with Gasteiger partial charge in [-0.3, -0.25) is 14.6 Å². The topological polar surface area (TPSA) is 93.5 Å². The zero-order chi connectivity index (χ0) is 23.0. The van der Waals surface area contributed by atoms with Gasteiger partial charge in [-0.2, -0.15) is 0 Å². The second-order valence-corrected chi connectivity index (χ2v) is 7.77. The van der Waals surface area contributed by atoms with Crippen molar-refractivity contribution in [2.75, 3.05) is 5.32 Å². The molecule has 0 unspecified atom stereocenters. The van der Waals surface area contributed by atoms with E-state index in [0.717, 1.165) is 23.8 Å². The number of aryl methyl sites for hydroxylation is 1. The second-order valence-electron chi connectivity index (χ2n) is 7.77. The number of nitrogens with zero attached hydrogens (tertiary/aromatic N) is 3. The van der Waals surface area contributed by atoms with Crippen LogP contribution in [0.2, 0.25) is 0 Å². The van der Waals surface area contributed by atoms with Crippen LogP contribution in [0.4, 0.5) is 14.6 Å². The van der Waals surface area contributed by atoms with Crippen molar-refractivity contribution >= 4 is 23.2 Å². The Morgan fingerprint density at radius 1 is 1.06 bits per heavy atom. The molecule has 2 heterocycles. The first-order valence-corrected chi connectivity index (χ1v) is 9.66. The number of halogens is 2. The molecule has 0 radical (unpaired) electrons. The van der Waals surface area contributed by atoms with E-state index in [1.54, 1.807) is 26.0 Å². The summed E-state index contributed by atoms with van der Waals surface area (Å²) < 4.78 is 27.1. The molecule has 3 aromatic rings. The Kier molecular flexibility index (Phi) is 5.25. The third-order valence-electron chi connectivity index (χ3n) is 4.98. The van der Waals surface area contributed by atoms with Crippen LogP contribution in [0, 0.1) is 18.6 Å². The highest BCUT2D eigenvalue weighted by Crippen LogP contribution is 2.27. The minimum absolute atomic E-state index is 0.0710. The number of carbonyl (C=O) groups is 2. The molecule has 32 heavy (non-hydrogen) atoms. The fourth-order valence-electron chi connectivity index (χ4n) is 3.14. The Labute approximate surface area is 182 Å². The van der Waals surface area contributed by atoms with Gasteiger partial charge >= 0.3 is 0 Å². The monoisotopic (exact) mass is 436 g/mol. The van der Waals surface area contributed by atoms with E-state index in [2.05, 4.69) is 20.4 Å². The van der Waals surface area contributed by atoms with Crippen molar-refractivity contribution in [3.05, 3.63) is 77.1 Å². The summed E-state index contributed by atoms with van der Waals surface area (Å²) in [5, 5.41) is 6.31. The van der Waals surface area contributed by atoms with Gasteiger partial charge in [0.05, 0.1) is 23.7 Å². The first kappa shape index (κ1) is 21.2. The third-order valence-corrected chi connectivity index (χ3v) is 4.98.